The van der Waals surface area contributed by atoms with Crippen LogP contribution in [0.2, 0.25) is 0 Å². The summed E-state index contributed by atoms with van der Waals surface area (Å²) in [6.45, 7) is 8.59. The lowest BCUT2D eigenvalue weighted by Gasteiger charge is -2.18. The number of allylic oxidation sites excluding steroid dienone is 6. The first-order chi connectivity index (χ1) is 19.2. The van der Waals surface area contributed by atoms with Gasteiger partial charge in [0.05, 0.1) is 0 Å². The van der Waals surface area contributed by atoms with Crippen molar-refractivity contribution in [3.05, 3.63) is 124 Å². The highest BCUT2D eigenvalue weighted by Gasteiger charge is 2.20. The molecule has 0 nitrogen and oxygen atoms in total. The van der Waals surface area contributed by atoms with Crippen LogP contribution < -0.4 is 0 Å². The third-order valence-electron chi connectivity index (χ3n) is 8.36. The van der Waals surface area contributed by atoms with Crippen molar-refractivity contribution in [1.29, 1.82) is 0 Å². The molecule has 1 unspecified atom stereocenters. The van der Waals surface area contributed by atoms with Crippen molar-refractivity contribution in [3.63, 3.8) is 0 Å². The number of rotatable bonds is 4. The van der Waals surface area contributed by atoms with Crippen LogP contribution in [0, 0.1) is 5.92 Å². The zero-order valence-corrected chi connectivity index (χ0v) is 23.4. The monoisotopic (exact) mass is 520 g/mol. The third kappa shape index (κ3) is 3.96. The average molecular weight is 521 g/mol. The molecule has 1 aromatic heterocycles. The molecular formula is C38H32S. The van der Waals surface area contributed by atoms with Gasteiger partial charge in [-0.1, -0.05) is 111 Å². The Bertz CT molecular complexity index is 1920. The Labute approximate surface area is 235 Å². The Morgan fingerprint density at radius 3 is 2.56 bits per heavy atom. The summed E-state index contributed by atoms with van der Waals surface area (Å²) < 4.78 is 1.45. The fourth-order valence-corrected chi connectivity index (χ4v) is 7.98. The van der Waals surface area contributed by atoms with E-state index < -0.39 is 0 Å². The number of fused-ring (bicyclic) bond motifs is 6. The summed E-state index contributed by atoms with van der Waals surface area (Å²) in [5.41, 5.74) is 9.37. The second-order valence-corrected chi connectivity index (χ2v) is 12.0. The Hall–Kier alpha value is -3.94. The molecule has 5 aromatic rings. The summed E-state index contributed by atoms with van der Waals surface area (Å²) in [4.78, 5) is 1.54. The summed E-state index contributed by atoms with van der Waals surface area (Å²) >= 11 is 2.01. The molecule has 7 rings (SSSR count). The van der Waals surface area contributed by atoms with E-state index in [1.54, 1.807) is 0 Å². The van der Waals surface area contributed by atoms with Gasteiger partial charge < -0.3 is 0 Å². The molecule has 0 saturated heterocycles. The number of thiophene rings is 1. The first kappa shape index (κ1) is 24.1. The molecule has 1 heteroatoms. The van der Waals surface area contributed by atoms with E-state index in [-0.39, 0.29) is 0 Å². The van der Waals surface area contributed by atoms with E-state index in [0.717, 1.165) is 19.3 Å². The molecule has 0 amide bonds. The van der Waals surface area contributed by atoms with Crippen molar-refractivity contribution < 1.29 is 0 Å². The van der Waals surface area contributed by atoms with Crippen molar-refractivity contribution in [2.24, 2.45) is 5.92 Å². The SMILES string of the molecule is C=Cc1c(/C=C\C)c2cc(C3=CCCC(c4cccc5c6c(sc45)CC(C)C=C6)=C3)ccc2c2ccccc12. The number of hydrogen-bond acceptors (Lipinski definition) is 1. The van der Waals surface area contributed by atoms with Gasteiger partial charge in [-0.05, 0) is 98.7 Å². The van der Waals surface area contributed by atoms with E-state index in [4.69, 9.17) is 0 Å². The van der Waals surface area contributed by atoms with E-state index in [2.05, 4.69) is 118 Å². The summed E-state index contributed by atoms with van der Waals surface area (Å²) in [5, 5.41) is 6.54. The maximum atomic E-state index is 4.18. The second kappa shape index (κ2) is 9.67. The van der Waals surface area contributed by atoms with Gasteiger partial charge in [0.2, 0.25) is 0 Å². The third-order valence-corrected chi connectivity index (χ3v) is 9.64. The molecule has 1 atom stereocenters. The molecule has 1 heterocycles. The van der Waals surface area contributed by atoms with E-state index in [9.17, 15) is 0 Å². The molecule has 0 bridgehead atoms. The van der Waals surface area contributed by atoms with Crippen LogP contribution in [0.1, 0.15) is 59.4 Å². The van der Waals surface area contributed by atoms with Crippen molar-refractivity contribution in [2.45, 2.75) is 33.1 Å². The molecule has 0 spiro atoms. The number of benzene rings is 4. The van der Waals surface area contributed by atoms with Crippen LogP contribution >= 0.6 is 11.3 Å². The van der Waals surface area contributed by atoms with Gasteiger partial charge in [-0.2, -0.15) is 0 Å². The van der Waals surface area contributed by atoms with Gasteiger partial charge in [0, 0.05) is 15.0 Å². The zero-order valence-electron chi connectivity index (χ0n) is 22.6. The van der Waals surface area contributed by atoms with Crippen LogP contribution in [-0.2, 0) is 6.42 Å². The lowest BCUT2D eigenvalue weighted by atomic mass is 9.86. The highest BCUT2D eigenvalue weighted by Crippen LogP contribution is 2.43. The minimum absolute atomic E-state index is 0.622. The van der Waals surface area contributed by atoms with Crippen LogP contribution in [0.5, 0.6) is 0 Å². The van der Waals surface area contributed by atoms with Gasteiger partial charge in [-0.3, -0.25) is 0 Å². The van der Waals surface area contributed by atoms with Crippen LogP contribution in [0.4, 0.5) is 0 Å². The summed E-state index contributed by atoms with van der Waals surface area (Å²) in [6, 6.07) is 22.6. The zero-order chi connectivity index (χ0) is 26.5. The Morgan fingerprint density at radius 2 is 1.72 bits per heavy atom. The van der Waals surface area contributed by atoms with E-state index in [0.29, 0.717) is 5.92 Å². The lowest BCUT2D eigenvalue weighted by Crippen LogP contribution is -1.99. The quantitative estimate of drug-likeness (QED) is 0.207. The molecule has 0 saturated carbocycles. The first-order valence-electron chi connectivity index (χ1n) is 14.0. The summed E-state index contributed by atoms with van der Waals surface area (Å²) in [7, 11) is 0. The molecule has 2 aliphatic rings. The summed E-state index contributed by atoms with van der Waals surface area (Å²) in [5.74, 6) is 0.622. The Balaban J connectivity index is 1.37. The van der Waals surface area contributed by atoms with Crippen molar-refractivity contribution in [1.82, 2.24) is 0 Å². The van der Waals surface area contributed by atoms with E-state index in [1.165, 1.54) is 75.5 Å². The highest BCUT2D eigenvalue weighted by atomic mass is 32.1. The first-order valence-corrected chi connectivity index (χ1v) is 14.9. The molecular weight excluding hydrogens is 488 g/mol. The molecule has 0 radical (unpaired) electrons. The minimum atomic E-state index is 0.622. The maximum Gasteiger partial charge on any atom is 0.0427 e. The molecule has 190 valence electrons. The minimum Gasteiger partial charge on any atom is -0.139 e. The van der Waals surface area contributed by atoms with Crippen LogP contribution in [0.3, 0.4) is 0 Å². The van der Waals surface area contributed by atoms with Gasteiger partial charge in [0.25, 0.3) is 0 Å². The molecule has 4 aromatic carbocycles. The van der Waals surface area contributed by atoms with E-state index >= 15 is 0 Å². The van der Waals surface area contributed by atoms with Gasteiger partial charge in [-0.15, -0.1) is 11.3 Å². The van der Waals surface area contributed by atoms with Crippen molar-refractivity contribution in [3.8, 4) is 0 Å². The Morgan fingerprint density at radius 1 is 0.897 bits per heavy atom. The average Bonchev–Trinajstić information content (AvgIpc) is 3.35. The van der Waals surface area contributed by atoms with Crippen LogP contribution in [-0.4, -0.2) is 0 Å². The van der Waals surface area contributed by atoms with Crippen LogP contribution in [0.25, 0.3) is 61.0 Å². The smallest absolute Gasteiger partial charge is 0.0427 e. The fraction of sp³-hybridized carbons (Fsp3) is 0.158. The largest absolute Gasteiger partial charge is 0.139 e. The fourth-order valence-electron chi connectivity index (χ4n) is 6.50. The van der Waals surface area contributed by atoms with Gasteiger partial charge in [0.1, 0.15) is 0 Å². The normalized spacial score (nSPS) is 17.1. The van der Waals surface area contributed by atoms with Gasteiger partial charge in [0.15, 0.2) is 0 Å². The molecule has 2 aliphatic carbocycles. The topological polar surface area (TPSA) is 0 Å². The van der Waals surface area contributed by atoms with E-state index in [1.807, 2.05) is 17.4 Å². The highest BCUT2D eigenvalue weighted by molar-refractivity contribution is 7.19. The lowest BCUT2D eigenvalue weighted by molar-refractivity contribution is 0.728. The second-order valence-electron chi connectivity index (χ2n) is 10.9. The molecule has 0 aliphatic heterocycles. The Kier molecular flexibility index (Phi) is 5.98. The van der Waals surface area contributed by atoms with Crippen LogP contribution in [0.15, 0.2) is 91.5 Å². The predicted octanol–water partition coefficient (Wildman–Crippen LogP) is 11.3. The maximum absolute atomic E-state index is 4.18. The molecule has 0 fully saturated rings. The molecule has 0 N–H and O–H groups in total. The van der Waals surface area contributed by atoms with Gasteiger partial charge >= 0.3 is 0 Å². The standard InChI is InChI=1S/C38H32S/c1-4-10-30-28(5-2)31-13-6-7-14-32(31)33-20-18-26(23-36(30)33)25-11-8-12-27(22-25)29-15-9-16-35-34-19-17-24(3)21-37(34)39-38(29)35/h4-7,9-11,13-20,22-24H,2,8,12,21H2,1,3H3/b10-4-. The number of hydrogen-bond donors (Lipinski definition) is 0. The molecule has 39 heavy (non-hydrogen) atoms. The van der Waals surface area contributed by atoms with Gasteiger partial charge in [-0.25, -0.2) is 0 Å². The predicted molar refractivity (Wildman–Crippen MR) is 175 cm³/mol. The summed E-state index contributed by atoms with van der Waals surface area (Å²) in [6.07, 6.45) is 19.3. The van der Waals surface area contributed by atoms with Crippen molar-refractivity contribution >= 4 is 72.3 Å². The van der Waals surface area contributed by atoms with Crippen molar-refractivity contribution in [2.75, 3.05) is 0 Å².